The molecular formula is C21H24N2O5. The van der Waals surface area contributed by atoms with Crippen LogP contribution in [-0.4, -0.2) is 24.5 Å². The van der Waals surface area contributed by atoms with Gasteiger partial charge in [-0.15, -0.1) is 0 Å². The molecule has 7 heteroatoms. The normalized spacial score (nSPS) is 10.9. The van der Waals surface area contributed by atoms with Crippen LogP contribution in [0.3, 0.4) is 0 Å². The zero-order valence-electron chi connectivity index (χ0n) is 16.2. The van der Waals surface area contributed by atoms with E-state index in [2.05, 4.69) is 19.2 Å². The highest BCUT2D eigenvalue weighted by Crippen LogP contribution is 2.29. The van der Waals surface area contributed by atoms with Crippen LogP contribution >= 0.6 is 0 Å². The molecule has 2 aromatic rings. The summed E-state index contributed by atoms with van der Waals surface area (Å²) in [6, 6.07) is 11.3. The van der Waals surface area contributed by atoms with Crippen LogP contribution in [0.1, 0.15) is 25.8 Å². The van der Waals surface area contributed by atoms with E-state index in [1.807, 2.05) is 6.07 Å². The van der Waals surface area contributed by atoms with Gasteiger partial charge in [-0.3, -0.25) is 14.9 Å². The third kappa shape index (κ3) is 6.12. The van der Waals surface area contributed by atoms with Crippen molar-refractivity contribution < 1.29 is 19.2 Å². The van der Waals surface area contributed by atoms with Crippen molar-refractivity contribution in [2.45, 2.75) is 20.3 Å². The Morgan fingerprint density at radius 3 is 2.64 bits per heavy atom. The van der Waals surface area contributed by atoms with Gasteiger partial charge in [0.25, 0.3) is 5.69 Å². The van der Waals surface area contributed by atoms with Gasteiger partial charge in [-0.05, 0) is 42.2 Å². The standard InChI is InChI=1S/C21H24N2O5/c1-15(2)12-13-28-19-10-8-16(14-20(19)27-3)9-11-21(24)22-17-6-4-5-7-18(17)23(25)26/h4-11,14-15H,12-13H2,1-3H3,(H,22,24)/b11-9+. The molecular weight excluding hydrogens is 360 g/mol. The molecule has 1 amide bonds. The second-order valence-corrected chi connectivity index (χ2v) is 6.54. The Morgan fingerprint density at radius 1 is 1.21 bits per heavy atom. The van der Waals surface area contributed by atoms with Crippen LogP contribution in [-0.2, 0) is 4.79 Å². The number of benzene rings is 2. The number of nitrogens with zero attached hydrogens (tertiary/aromatic N) is 1. The van der Waals surface area contributed by atoms with Crippen molar-refractivity contribution in [3.05, 3.63) is 64.2 Å². The highest BCUT2D eigenvalue weighted by atomic mass is 16.6. The average Bonchev–Trinajstić information content (AvgIpc) is 2.67. The summed E-state index contributed by atoms with van der Waals surface area (Å²) in [6.45, 7) is 4.86. The molecule has 28 heavy (non-hydrogen) atoms. The van der Waals surface area contributed by atoms with Gasteiger partial charge >= 0.3 is 0 Å². The van der Waals surface area contributed by atoms with Crippen LogP contribution in [0.4, 0.5) is 11.4 Å². The molecule has 0 aliphatic heterocycles. The first-order valence-corrected chi connectivity index (χ1v) is 8.94. The molecule has 0 fully saturated rings. The van der Waals surface area contributed by atoms with Gasteiger partial charge in [-0.25, -0.2) is 0 Å². The van der Waals surface area contributed by atoms with E-state index in [0.717, 1.165) is 12.0 Å². The van der Waals surface area contributed by atoms with Crippen LogP contribution in [0.15, 0.2) is 48.5 Å². The molecule has 2 aromatic carbocycles. The lowest BCUT2D eigenvalue weighted by Crippen LogP contribution is -2.09. The summed E-state index contributed by atoms with van der Waals surface area (Å²) in [7, 11) is 1.55. The summed E-state index contributed by atoms with van der Waals surface area (Å²) in [5, 5.41) is 13.5. The lowest BCUT2D eigenvalue weighted by molar-refractivity contribution is -0.383. The fourth-order valence-corrected chi connectivity index (χ4v) is 2.40. The number of nitro groups is 1. The zero-order chi connectivity index (χ0) is 20.5. The van der Waals surface area contributed by atoms with Gasteiger partial charge in [0.1, 0.15) is 5.69 Å². The minimum absolute atomic E-state index is 0.147. The molecule has 148 valence electrons. The molecule has 7 nitrogen and oxygen atoms in total. The molecule has 0 spiro atoms. The van der Waals surface area contributed by atoms with E-state index in [1.165, 1.54) is 18.2 Å². The first kappa shape index (κ1) is 21.0. The van der Waals surface area contributed by atoms with Crippen molar-refractivity contribution in [2.75, 3.05) is 19.0 Å². The van der Waals surface area contributed by atoms with Crippen LogP contribution in [0, 0.1) is 16.0 Å². The minimum Gasteiger partial charge on any atom is -0.493 e. The maximum Gasteiger partial charge on any atom is 0.292 e. The highest BCUT2D eigenvalue weighted by Gasteiger charge is 2.13. The third-order valence-electron chi connectivity index (χ3n) is 3.93. The Hall–Kier alpha value is -3.35. The summed E-state index contributed by atoms with van der Waals surface area (Å²) >= 11 is 0. The van der Waals surface area contributed by atoms with Crippen LogP contribution in [0.25, 0.3) is 6.08 Å². The molecule has 0 saturated heterocycles. The number of carbonyl (C=O) groups excluding carboxylic acids is 1. The van der Waals surface area contributed by atoms with Crippen molar-refractivity contribution in [1.82, 2.24) is 0 Å². The van der Waals surface area contributed by atoms with E-state index in [1.54, 1.807) is 37.5 Å². The molecule has 0 aliphatic carbocycles. The van der Waals surface area contributed by atoms with Crippen LogP contribution in [0.2, 0.25) is 0 Å². The first-order valence-electron chi connectivity index (χ1n) is 8.94. The van der Waals surface area contributed by atoms with E-state index in [9.17, 15) is 14.9 Å². The maximum atomic E-state index is 12.1. The molecule has 0 heterocycles. The van der Waals surface area contributed by atoms with Gasteiger partial charge in [-0.2, -0.15) is 0 Å². The van der Waals surface area contributed by atoms with Gasteiger partial charge in [0, 0.05) is 12.1 Å². The van der Waals surface area contributed by atoms with Crippen LogP contribution < -0.4 is 14.8 Å². The third-order valence-corrected chi connectivity index (χ3v) is 3.93. The molecule has 0 unspecified atom stereocenters. The van der Waals surface area contributed by atoms with E-state index in [0.29, 0.717) is 24.0 Å². The van der Waals surface area contributed by atoms with Crippen molar-refractivity contribution in [3.63, 3.8) is 0 Å². The number of nitrogens with one attached hydrogen (secondary N) is 1. The number of rotatable bonds is 9. The predicted octanol–water partition coefficient (Wildman–Crippen LogP) is 4.68. The largest absolute Gasteiger partial charge is 0.493 e. The lowest BCUT2D eigenvalue weighted by atomic mass is 10.1. The Bertz CT molecular complexity index is 862. The molecule has 0 atom stereocenters. The molecule has 2 rings (SSSR count). The van der Waals surface area contributed by atoms with Gasteiger partial charge in [0.05, 0.1) is 18.6 Å². The maximum absolute atomic E-state index is 12.1. The molecule has 0 bridgehead atoms. The van der Waals surface area contributed by atoms with Crippen molar-refractivity contribution in [2.24, 2.45) is 5.92 Å². The van der Waals surface area contributed by atoms with E-state index in [-0.39, 0.29) is 11.4 Å². The quantitative estimate of drug-likeness (QED) is 0.385. The summed E-state index contributed by atoms with van der Waals surface area (Å²) in [5.41, 5.74) is 0.730. The predicted molar refractivity (Wildman–Crippen MR) is 109 cm³/mol. The first-order chi connectivity index (χ1) is 13.4. The Kier molecular flexibility index (Phi) is 7.56. The average molecular weight is 384 g/mol. The highest BCUT2D eigenvalue weighted by molar-refractivity contribution is 6.03. The minimum atomic E-state index is -0.539. The Labute approximate surface area is 164 Å². The number of para-hydroxylation sites is 2. The molecule has 0 radical (unpaired) electrons. The SMILES string of the molecule is COc1cc(/C=C/C(=O)Nc2ccccc2[N+](=O)[O-])ccc1OCCC(C)C. The number of hydrogen-bond acceptors (Lipinski definition) is 5. The molecule has 0 aliphatic rings. The number of amides is 1. The fraction of sp³-hybridized carbons (Fsp3) is 0.286. The molecule has 1 N–H and O–H groups in total. The van der Waals surface area contributed by atoms with Crippen molar-refractivity contribution in [1.29, 1.82) is 0 Å². The summed E-state index contributed by atoms with van der Waals surface area (Å²) < 4.78 is 11.1. The van der Waals surface area contributed by atoms with Crippen LogP contribution in [0.5, 0.6) is 11.5 Å². The number of hydrogen-bond donors (Lipinski definition) is 1. The van der Waals surface area contributed by atoms with Crippen molar-refractivity contribution in [3.8, 4) is 11.5 Å². The lowest BCUT2D eigenvalue weighted by Gasteiger charge is -2.12. The number of ether oxygens (including phenoxy) is 2. The van der Waals surface area contributed by atoms with Crippen molar-refractivity contribution >= 4 is 23.4 Å². The Morgan fingerprint density at radius 2 is 1.96 bits per heavy atom. The second kappa shape index (κ2) is 10.1. The number of methoxy groups -OCH3 is 1. The van der Waals surface area contributed by atoms with Gasteiger partial charge in [0.2, 0.25) is 5.91 Å². The summed E-state index contributed by atoms with van der Waals surface area (Å²) in [4.78, 5) is 22.6. The number of carbonyl (C=O) groups is 1. The zero-order valence-corrected chi connectivity index (χ0v) is 16.2. The van der Waals surface area contributed by atoms with E-state index >= 15 is 0 Å². The van der Waals surface area contributed by atoms with E-state index in [4.69, 9.17) is 9.47 Å². The monoisotopic (exact) mass is 384 g/mol. The van der Waals surface area contributed by atoms with Gasteiger partial charge < -0.3 is 14.8 Å². The smallest absolute Gasteiger partial charge is 0.292 e. The number of anilines is 1. The fourth-order valence-electron chi connectivity index (χ4n) is 2.40. The van der Waals surface area contributed by atoms with Gasteiger partial charge in [0.15, 0.2) is 11.5 Å². The topological polar surface area (TPSA) is 90.7 Å². The van der Waals surface area contributed by atoms with Gasteiger partial charge in [-0.1, -0.05) is 32.0 Å². The Balaban J connectivity index is 2.05. The molecule has 0 saturated carbocycles. The molecule has 0 aromatic heterocycles. The number of nitro benzene ring substituents is 1. The van der Waals surface area contributed by atoms with E-state index < -0.39 is 10.8 Å². The second-order valence-electron chi connectivity index (χ2n) is 6.54. The summed E-state index contributed by atoms with van der Waals surface area (Å²) in [5.74, 6) is 1.30. The summed E-state index contributed by atoms with van der Waals surface area (Å²) in [6.07, 6.45) is 3.85.